The normalized spacial score (nSPS) is 21.2. The minimum Gasteiger partial charge on any atom is -0.225 e. The molecule has 0 bridgehead atoms. The van der Waals surface area contributed by atoms with Crippen molar-refractivity contribution in [1.29, 1.82) is 0 Å². The summed E-state index contributed by atoms with van der Waals surface area (Å²) in [5.74, 6) is 0.325. The highest BCUT2D eigenvalue weighted by Crippen LogP contribution is 2.28. The van der Waals surface area contributed by atoms with Crippen molar-refractivity contribution >= 4 is 20.0 Å². The summed E-state index contributed by atoms with van der Waals surface area (Å²) in [6.07, 6.45) is 1.70. The number of rotatable bonds is 4. The molecule has 1 saturated heterocycles. The van der Waals surface area contributed by atoms with Crippen molar-refractivity contribution in [3.8, 4) is 0 Å². The van der Waals surface area contributed by atoms with Gasteiger partial charge < -0.3 is 0 Å². The maximum absolute atomic E-state index is 12.6. The summed E-state index contributed by atoms with van der Waals surface area (Å²) in [6, 6.07) is 5.45. The molecule has 1 aromatic carbocycles. The number of hydrogen-bond donors (Lipinski definition) is 1. The lowest BCUT2D eigenvalue weighted by molar-refractivity contribution is 0.451. The maximum atomic E-state index is 12.6. The Morgan fingerprint density at radius 2 is 1.80 bits per heavy atom. The highest BCUT2D eigenvalue weighted by Gasteiger charge is 2.34. The number of benzene rings is 1. The van der Waals surface area contributed by atoms with Crippen molar-refractivity contribution < 1.29 is 16.8 Å². The van der Waals surface area contributed by atoms with Gasteiger partial charge in [-0.25, -0.2) is 22.0 Å². The van der Waals surface area contributed by atoms with Gasteiger partial charge in [0.2, 0.25) is 20.0 Å². The summed E-state index contributed by atoms with van der Waals surface area (Å²) in [4.78, 5) is -0.584. The molecule has 0 aliphatic carbocycles. The van der Waals surface area contributed by atoms with Crippen LogP contribution in [0.1, 0.15) is 19.8 Å². The molecule has 2 rings (SSSR count). The standard InChI is InChI=1S/C12H18N2O4S2/c1-2-10-7-8-14(9-10)20(17,18)12-6-4-3-5-11(12)19(13,15)16/h3-6,10H,2,7-9H2,1H3,(H2,13,15,16). The van der Waals surface area contributed by atoms with E-state index in [-0.39, 0.29) is 9.79 Å². The first-order valence-corrected chi connectivity index (χ1v) is 9.37. The van der Waals surface area contributed by atoms with Gasteiger partial charge in [-0.1, -0.05) is 25.5 Å². The smallest absolute Gasteiger partial charge is 0.225 e. The van der Waals surface area contributed by atoms with E-state index in [1.807, 2.05) is 6.92 Å². The number of nitrogens with zero attached hydrogens (tertiary/aromatic N) is 1. The van der Waals surface area contributed by atoms with Crippen LogP contribution in [0.2, 0.25) is 0 Å². The Labute approximate surface area is 119 Å². The van der Waals surface area contributed by atoms with E-state index in [0.29, 0.717) is 19.0 Å². The van der Waals surface area contributed by atoms with E-state index in [0.717, 1.165) is 12.8 Å². The summed E-state index contributed by atoms with van der Waals surface area (Å²) < 4.78 is 49.5. The van der Waals surface area contributed by atoms with Gasteiger partial charge in [0.05, 0.1) is 0 Å². The van der Waals surface area contributed by atoms with Crippen molar-refractivity contribution in [3.05, 3.63) is 24.3 Å². The molecule has 1 aromatic rings. The third-order valence-corrected chi connectivity index (χ3v) is 6.62. The van der Waals surface area contributed by atoms with E-state index < -0.39 is 20.0 Å². The Morgan fingerprint density at radius 1 is 1.20 bits per heavy atom. The highest BCUT2D eigenvalue weighted by molar-refractivity contribution is 7.92. The highest BCUT2D eigenvalue weighted by atomic mass is 32.2. The van der Waals surface area contributed by atoms with Gasteiger partial charge in [-0.3, -0.25) is 0 Å². The second-order valence-electron chi connectivity index (χ2n) is 4.92. The van der Waals surface area contributed by atoms with Gasteiger partial charge in [0.1, 0.15) is 9.79 Å². The van der Waals surface area contributed by atoms with Gasteiger partial charge in [0.25, 0.3) is 0 Å². The average molecular weight is 318 g/mol. The van der Waals surface area contributed by atoms with Crippen LogP contribution < -0.4 is 5.14 Å². The molecule has 1 aliphatic heterocycles. The number of sulfonamides is 2. The van der Waals surface area contributed by atoms with Crippen molar-refractivity contribution in [3.63, 3.8) is 0 Å². The minimum absolute atomic E-state index is 0.237. The van der Waals surface area contributed by atoms with Gasteiger partial charge in [-0.05, 0) is 24.5 Å². The molecule has 0 aromatic heterocycles. The Balaban J connectivity index is 2.46. The molecule has 0 spiro atoms. The van der Waals surface area contributed by atoms with Gasteiger partial charge in [-0.2, -0.15) is 4.31 Å². The van der Waals surface area contributed by atoms with Gasteiger partial charge in [0, 0.05) is 13.1 Å². The fourth-order valence-electron chi connectivity index (χ4n) is 2.39. The molecule has 1 unspecified atom stereocenters. The van der Waals surface area contributed by atoms with E-state index in [1.54, 1.807) is 0 Å². The van der Waals surface area contributed by atoms with E-state index >= 15 is 0 Å². The molecule has 1 heterocycles. The van der Waals surface area contributed by atoms with Crippen molar-refractivity contribution in [2.24, 2.45) is 11.1 Å². The van der Waals surface area contributed by atoms with Crippen LogP contribution in [0.4, 0.5) is 0 Å². The van der Waals surface area contributed by atoms with Crippen molar-refractivity contribution in [2.75, 3.05) is 13.1 Å². The molecular formula is C12H18N2O4S2. The van der Waals surface area contributed by atoms with Crippen LogP contribution in [0.5, 0.6) is 0 Å². The molecule has 112 valence electrons. The van der Waals surface area contributed by atoms with Crippen molar-refractivity contribution in [2.45, 2.75) is 29.6 Å². The van der Waals surface area contributed by atoms with Crippen molar-refractivity contribution in [1.82, 2.24) is 4.31 Å². The zero-order valence-corrected chi connectivity index (χ0v) is 12.8. The first kappa shape index (κ1) is 15.4. The molecule has 6 nitrogen and oxygen atoms in total. The van der Waals surface area contributed by atoms with Gasteiger partial charge >= 0.3 is 0 Å². The second kappa shape index (κ2) is 5.44. The largest absolute Gasteiger partial charge is 0.244 e. The van der Waals surface area contributed by atoms with Crippen LogP contribution in [-0.4, -0.2) is 34.2 Å². The Morgan fingerprint density at radius 3 is 2.30 bits per heavy atom. The van der Waals surface area contributed by atoms with Crippen LogP contribution >= 0.6 is 0 Å². The van der Waals surface area contributed by atoms with Crippen LogP contribution in [0, 0.1) is 5.92 Å². The van der Waals surface area contributed by atoms with E-state index in [1.165, 1.54) is 28.6 Å². The lowest BCUT2D eigenvalue weighted by atomic mass is 10.1. The zero-order chi connectivity index (χ0) is 15.0. The second-order valence-corrected chi connectivity index (χ2v) is 8.35. The molecule has 2 N–H and O–H groups in total. The number of hydrogen-bond acceptors (Lipinski definition) is 4. The lowest BCUT2D eigenvalue weighted by Crippen LogP contribution is -2.30. The third-order valence-electron chi connectivity index (χ3n) is 3.60. The minimum atomic E-state index is -4.07. The van der Waals surface area contributed by atoms with E-state index in [9.17, 15) is 16.8 Å². The zero-order valence-electron chi connectivity index (χ0n) is 11.2. The van der Waals surface area contributed by atoms with E-state index in [2.05, 4.69) is 0 Å². The maximum Gasteiger partial charge on any atom is 0.244 e. The molecule has 1 fully saturated rings. The Bertz CT molecular complexity index is 698. The molecule has 0 amide bonds. The van der Waals surface area contributed by atoms with Gasteiger partial charge in [0.15, 0.2) is 0 Å². The average Bonchev–Trinajstić information content (AvgIpc) is 2.87. The topological polar surface area (TPSA) is 97.5 Å². The summed E-state index contributed by atoms with van der Waals surface area (Å²) >= 11 is 0. The monoisotopic (exact) mass is 318 g/mol. The summed E-state index contributed by atoms with van der Waals surface area (Å²) in [7, 11) is -7.89. The number of nitrogens with two attached hydrogens (primary N) is 1. The van der Waals surface area contributed by atoms with Gasteiger partial charge in [-0.15, -0.1) is 0 Å². The first-order chi connectivity index (χ1) is 9.26. The predicted molar refractivity (Wildman–Crippen MR) is 75.0 cm³/mol. The summed E-state index contributed by atoms with van der Waals surface area (Å²) in [5.41, 5.74) is 0. The summed E-state index contributed by atoms with van der Waals surface area (Å²) in [6.45, 7) is 2.86. The van der Waals surface area contributed by atoms with Crippen LogP contribution in [-0.2, 0) is 20.0 Å². The quantitative estimate of drug-likeness (QED) is 0.886. The summed E-state index contributed by atoms with van der Waals surface area (Å²) in [5, 5.41) is 5.10. The van der Waals surface area contributed by atoms with Crippen LogP contribution in [0.15, 0.2) is 34.1 Å². The first-order valence-electron chi connectivity index (χ1n) is 6.38. The molecular weight excluding hydrogens is 300 g/mol. The molecule has 20 heavy (non-hydrogen) atoms. The fourth-order valence-corrected chi connectivity index (χ4v) is 5.27. The third kappa shape index (κ3) is 2.88. The number of primary sulfonamides is 1. The lowest BCUT2D eigenvalue weighted by Gasteiger charge is -2.18. The fraction of sp³-hybridized carbons (Fsp3) is 0.500. The molecule has 0 radical (unpaired) electrons. The Kier molecular flexibility index (Phi) is 4.19. The SMILES string of the molecule is CCC1CCN(S(=O)(=O)c2ccccc2S(N)(=O)=O)C1. The Hall–Kier alpha value is -0.960. The molecule has 1 atom stereocenters. The van der Waals surface area contributed by atoms with Crippen LogP contribution in [0.3, 0.4) is 0 Å². The molecule has 8 heteroatoms. The van der Waals surface area contributed by atoms with E-state index in [4.69, 9.17) is 5.14 Å². The van der Waals surface area contributed by atoms with Crippen LogP contribution in [0.25, 0.3) is 0 Å². The predicted octanol–water partition coefficient (Wildman–Crippen LogP) is 0.755. The molecule has 0 saturated carbocycles. The molecule has 1 aliphatic rings.